The molecular formula is C6H10N2O. The van der Waals surface area contributed by atoms with E-state index in [1.165, 1.54) is 6.08 Å². The minimum Gasteiger partial charge on any atom is -0.366 e. The van der Waals surface area contributed by atoms with Crippen molar-refractivity contribution in [1.82, 2.24) is 0 Å². The Hall–Kier alpha value is -0.830. The molecule has 0 radical (unpaired) electrons. The van der Waals surface area contributed by atoms with Gasteiger partial charge in [-0.2, -0.15) is 0 Å². The summed E-state index contributed by atoms with van der Waals surface area (Å²) in [6.45, 7) is 0. The lowest BCUT2D eigenvalue weighted by Gasteiger charge is -1.80. The summed E-state index contributed by atoms with van der Waals surface area (Å²) in [6.07, 6.45) is 4.13. The second-order valence-corrected chi connectivity index (χ2v) is 2.32. The highest BCUT2D eigenvalue weighted by atomic mass is 16.1. The van der Waals surface area contributed by atoms with E-state index in [9.17, 15) is 4.79 Å². The van der Waals surface area contributed by atoms with Crippen LogP contribution in [-0.4, -0.2) is 11.9 Å². The van der Waals surface area contributed by atoms with Gasteiger partial charge in [-0.3, -0.25) is 4.79 Å². The molecule has 0 spiro atoms. The highest BCUT2D eigenvalue weighted by Crippen LogP contribution is 2.28. The fourth-order valence-electron chi connectivity index (χ4n) is 0.675. The topological polar surface area (TPSA) is 69.1 Å². The summed E-state index contributed by atoms with van der Waals surface area (Å²) in [5, 5.41) is 0. The Morgan fingerprint density at radius 2 is 2.22 bits per heavy atom. The lowest BCUT2D eigenvalue weighted by Crippen LogP contribution is -2.06. The predicted octanol–water partition coefficient (Wildman–Crippen LogP) is -0.625. The van der Waals surface area contributed by atoms with E-state index in [2.05, 4.69) is 0 Å². The van der Waals surface area contributed by atoms with Crippen molar-refractivity contribution in [3.05, 3.63) is 12.2 Å². The number of hydrogen-bond acceptors (Lipinski definition) is 2. The molecule has 0 bridgehead atoms. The van der Waals surface area contributed by atoms with Crippen LogP contribution in [0.15, 0.2) is 12.2 Å². The lowest BCUT2D eigenvalue weighted by molar-refractivity contribution is -0.113. The Morgan fingerprint density at radius 1 is 1.67 bits per heavy atom. The van der Waals surface area contributed by atoms with Crippen molar-refractivity contribution in [2.75, 3.05) is 0 Å². The van der Waals surface area contributed by atoms with Crippen LogP contribution in [0.5, 0.6) is 0 Å². The molecule has 3 nitrogen and oxygen atoms in total. The van der Waals surface area contributed by atoms with Crippen LogP contribution >= 0.6 is 0 Å². The number of nitrogens with two attached hydrogens (primary N) is 2. The molecule has 1 fully saturated rings. The highest BCUT2D eigenvalue weighted by molar-refractivity contribution is 5.85. The molecule has 0 aromatic carbocycles. The maximum atomic E-state index is 10.1. The Labute approximate surface area is 53.7 Å². The number of carbonyl (C=O) groups is 1. The zero-order valence-corrected chi connectivity index (χ0v) is 5.08. The van der Waals surface area contributed by atoms with Gasteiger partial charge < -0.3 is 11.5 Å². The molecule has 1 aliphatic carbocycles. The quantitative estimate of drug-likeness (QED) is 0.484. The van der Waals surface area contributed by atoms with Crippen molar-refractivity contribution >= 4 is 5.91 Å². The average Bonchev–Trinajstić information content (AvgIpc) is 2.42. The van der Waals surface area contributed by atoms with Gasteiger partial charge in [0.2, 0.25) is 5.91 Å². The van der Waals surface area contributed by atoms with Gasteiger partial charge in [0.15, 0.2) is 0 Å². The molecule has 1 amide bonds. The third kappa shape index (κ3) is 1.85. The molecule has 9 heavy (non-hydrogen) atoms. The number of hydrogen-bond donors (Lipinski definition) is 2. The number of amides is 1. The van der Waals surface area contributed by atoms with Crippen LogP contribution < -0.4 is 11.5 Å². The first-order valence-corrected chi connectivity index (χ1v) is 2.93. The molecule has 2 atom stereocenters. The third-order valence-corrected chi connectivity index (χ3v) is 1.40. The normalized spacial score (nSPS) is 33.0. The van der Waals surface area contributed by atoms with Gasteiger partial charge in [-0.05, 0) is 18.4 Å². The van der Waals surface area contributed by atoms with Crippen molar-refractivity contribution in [3.8, 4) is 0 Å². The lowest BCUT2D eigenvalue weighted by atomic mass is 10.3. The number of carbonyl (C=O) groups excluding carboxylic acids is 1. The minimum atomic E-state index is -0.394. The fourth-order valence-corrected chi connectivity index (χ4v) is 0.675. The molecule has 1 aliphatic rings. The molecule has 0 aliphatic heterocycles. The number of rotatable bonds is 2. The molecule has 2 unspecified atom stereocenters. The SMILES string of the molecule is NC(=O)/C=C/C1CC1N. The minimum absolute atomic E-state index is 0.264. The van der Waals surface area contributed by atoms with Gasteiger partial charge in [0.05, 0.1) is 0 Å². The van der Waals surface area contributed by atoms with E-state index in [4.69, 9.17) is 11.5 Å². The average molecular weight is 126 g/mol. The van der Waals surface area contributed by atoms with Crippen molar-refractivity contribution < 1.29 is 4.79 Å². The van der Waals surface area contributed by atoms with Crippen LogP contribution in [0.3, 0.4) is 0 Å². The fraction of sp³-hybridized carbons (Fsp3) is 0.500. The first-order chi connectivity index (χ1) is 4.20. The molecule has 3 heteroatoms. The maximum Gasteiger partial charge on any atom is 0.241 e. The Morgan fingerprint density at radius 3 is 2.56 bits per heavy atom. The molecule has 0 aromatic heterocycles. The first kappa shape index (κ1) is 6.29. The summed E-state index contributed by atoms with van der Waals surface area (Å²) in [4.78, 5) is 10.1. The van der Waals surface area contributed by atoms with Gasteiger partial charge in [0.25, 0.3) is 0 Å². The highest BCUT2D eigenvalue weighted by Gasteiger charge is 2.30. The van der Waals surface area contributed by atoms with E-state index < -0.39 is 5.91 Å². The van der Waals surface area contributed by atoms with Gasteiger partial charge >= 0.3 is 0 Å². The summed E-state index contributed by atoms with van der Waals surface area (Å²) in [5.74, 6) is 0.00611. The Bertz CT molecular complexity index is 153. The second kappa shape index (κ2) is 2.19. The van der Waals surface area contributed by atoms with Crippen molar-refractivity contribution in [2.24, 2.45) is 17.4 Å². The summed E-state index contributed by atoms with van der Waals surface area (Å²) in [7, 11) is 0. The third-order valence-electron chi connectivity index (χ3n) is 1.40. The van der Waals surface area contributed by atoms with Crippen molar-refractivity contribution in [1.29, 1.82) is 0 Å². The zero-order valence-electron chi connectivity index (χ0n) is 5.08. The van der Waals surface area contributed by atoms with Crippen LogP contribution in [0.4, 0.5) is 0 Å². The monoisotopic (exact) mass is 126 g/mol. The van der Waals surface area contributed by atoms with Gasteiger partial charge in [0, 0.05) is 6.04 Å². The molecule has 1 saturated carbocycles. The van der Waals surface area contributed by atoms with E-state index in [1.54, 1.807) is 6.08 Å². The van der Waals surface area contributed by atoms with Crippen LogP contribution in [0.25, 0.3) is 0 Å². The van der Waals surface area contributed by atoms with Crippen LogP contribution in [0.2, 0.25) is 0 Å². The largest absolute Gasteiger partial charge is 0.366 e. The van der Waals surface area contributed by atoms with Crippen LogP contribution in [0.1, 0.15) is 6.42 Å². The molecular weight excluding hydrogens is 116 g/mol. The van der Waals surface area contributed by atoms with Crippen molar-refractivity contribution in [2.45, 2.75) is 12.5 Å². The molecule has 0 saturated heterocycles. The molecule has 0 aromatic rings. The smallest absolute Gasteiger partial charge is 0.241 e. The first-order valence-electron chi connectivity index (χ1n) is 2.93. The zero-order chi connectivity index (χ0) is 6.85. The van der Waals surface area contributed by atoms with Gasteiger partial charge in [-0.25, -0.2) is 0 Å². The van der Waals surface area contributed by atoms with Gasteiger partial charge in [-0.1, -0.05) is 6.08 Å². The standard InChI is InChI=1S/C6H10N2O/c7-5-3-4(5)1-2-6(8)9/h1-2,4-5H,3,7H2,(H2,8,9)/b2-1+. The predicted molar refractivity (Wildman–Crippen MR) is 34.4 cm³/mol. The van der Waals surface area contributed by atoms with Gasteiger partial charge in [-0.15, -0.1) is 0 Å². The summed E-state index contributed by atoms with van der Waals surface area (Å²) >= 11 is 0. The van der Waals surface area contributed by atoms with Crippen molar-refractivity contribution in [3.63, 3.8) is 0 Å². The van der Waals surface area contributed by atoms with Crippen LogP contribution in [0, 0.1) is 5.92 Å². The van der Waals surface area contributed by atoms with Crippen LogP contribution in [-0.2, 0) is 4.79 Å². The molecule has 1 rings (SSSR count). The molecule has 0 heterocycles. The Kier molecular flexibility index (Phi) is 1.53. The molecule has 4 N–H and O–H groups in total. The second-order valence-electron chi connectivity index (χ2n) is 2.32. The van der Waals surface area contributed by atoms with E-state index in [0.29, 0.717) is 5.92 Å². The Balaban J connectivity index is 2.25. The summed E-state index contributed by atoms with van der Waals surface area (Å²) in [6, 6.07) is 0.264. The van der Waals surface area contributed by atoms with E-state index in [1.807, 2.05) is 0 Å². The number of primary amides is 1. The summed E-state index contributed by atoms with van der Waals surface area (Å²) < 4.78 is 0. The van der Waals surface area contributed by atoms with E-state index in [0.717, 1.165) is 6.42 Å². The van der Waals surface area contributed by atoms with E-state index in [-0.39, 0.29) is 6.04 Å². The maximum absolute atomic E-state index is 10.1. The van der Waals surface area contributed by atoms with E-state index >= 15 is 0 Å². The summed E-state index contributed by atoms with van der Waals surface area (Å²) in [5.41, 5.74) is 10.3. The molecule has 50 valence electrons. The van der Waals surface area contributed by atoms with Gasteiger partial charge in [0.1, 0.15) is 0 Å².